The predicted octanol–water partition coefficient (Wildman–Crippen LogP) is 2.26. The molecule has 1 amide bonds. The van der Waals surface area contributed by atoms with Crippen molar-refractivity contribution in [2.24, 2.45) is 11.1 Å². The third-order valence-corrected chi connectivity index (χ3v) is 2.08. The Balaban J connectivity index is 0.000000770. The number of hydrogen-bond acceptors (Lipinski definition) is 4. The first-order chi connectivity index (χ1) is 7.84. The van der Waals surface area contributed by atoms with Gasteiger partial charge in [-0.1, -0.05) is 5.18 Å². The van der Waals surface area contributed by atoms with Crippen LogP contribution in [0.4, 0.5) is 4.79 Å². The zero-order chi connectivity index (χ0) is 13.5. The second kappa shape index (κ2) is 6.89. The van der Waals surface area contributed by atoms with E-state index in [2.05, 4.69) is 11.1 Å². The molecule has 0 aliphatic carbocycles. The molecule has 1 atom stereocenters. The summed E-state index contributed by atoms with van der Waals surface area (Å²) in [5, 5.41) is 2.25. The fourth-order valence-corrected chi connectivity index (χ4v) is 1.39. The fourth-order valence-electron chi connectivity index (χ4n) is 1.39. The summed E-state index contributed by atoms with van der Waals surface area (Å²) in [4.78, 5) is 21.8. The molecule has 1 heterocycles. The van der Waals surface area contributed by atoms with E-state index in [-0.39, 0.29) is 12.0 Å². The summed E-state index contributed by atoms with van der Waals surface area (Å²) in [5.41, 5.74) is -0.425. The predicted molar refractivity (Wildman–Crippen MR) is 66.5 cm³/mol. The van der Waals surface area contributed by atoms with Gasteiger partial charge in [-0.15, -0.1) is 12.3 Å². The van der Waals surface area contributed by atoms with Gasteiger partial charge in [0, 0.05) is 19.0 Å². The molecule has 5 nitrogen and oxygen atoms in total. The monoisotopic (exact) mass is 240 g/mol. The van der Waals surface area contributed by atoms with Crippen molar-refractivity contribution in [3.63, 3.8) is 0 Å². The number of carbonyl (C=O) groups excluding carboxylic acids is 1. The molecule has 0 aromatic carbocycles. The Labute approximate surface area is 102 Å². The van der Waals surface area contributed by atoms with E-state index in [1.165, 1.54) is 7.05 Å². The van der Waals surface area contributed by atoms with Crippen molar-refractivity contribution < 1.29 is 9.53 Å². The van der Waals surface area contributed by atoms with Crippen LogP contribution in [0, 0.1) is 23.2 Å². The molecule has 1 fully saturated rings. The summed E-state index contributed by atoms with van der Waals surface area (Å²) in [5.74, 6) is 2.86. The molecule has 1 aliphatic heterocycles. The molecule has 1 saturated heterocycles. The molecular formula is C12H20N2O3. The van der Waals surface area contributed by atoms with Crippen molar-refractivity contribution in [3.8, 4) is 12.3 Å². The third-order valence-electron chi connectivity index (χ3n) is 2.08. The molecule has 5 heteroatoms. The Hall–Kier alpha value is -1.57. The van der Waals surface area contributed by atoms with E-state index < -0.39 is 5.60 Å². The van der Waals surface area contributed by atoms with E-state index in [4.69, 9.17) is 16.1 Å². The summed E-state index contributed by atoms with van der Waals surface area (Å²) in [6.07, 6.45) is 5.92. The van der Waals surface area contributed by atoms with Crippen LogP contribution in [-0.4, -0.2) is 36.7 Å². The average Bonchev–Trinajstić information content (AvgIpc) is 2.64. The second-order valence-corrected chi connectivity index (χ2v) is 4.76. The first kappa shape index (κ1) is 15.4. The van der Waals surface area contributed by atoms with Crippen LogP contribution >= 0.6 is 0 Å². The molecule has 0 N–H and O–H groups in total. The van der Waals surface area contributed by atoms with Gasteiger partial charge in [-0.25, -0.2) is 4.79 Å². The Morgan fingerprint density at radius 1 is 1.53 bits per heavy atom. The maximum absolute atomic E-state index is 11.6. The van der Waals surface area contributed by atoms with Crippen molar-refractivity contribution in [2.45, 2.75) is 32.8 Å². The van der Waals surface area contributed by atoms with E-state index >= 15 is 0 Å². The van der Waals surface area contributed by atoms with E-state index in [1.54, 1.807) is 4.90 Å². The number of amides is 1. The van der Waals surface area contributed by atoms with Gasteiger partial charge in [0.25, 0.3) is 0 Å². The molecule has 1 unspecified atom stereocenters. The SMILES string of the molecule is C#CC1CCN(C(=O)OC(C)(C)C)C1.CN=O. The van der Waals surface area contributed by atoms with Gasteiger partial charge in [-0.3, -0.25) is 0 Å². The summed E-state index contributed by atoms with van der Waals surface area (Å²) < 4.78 is 5.23. The normalized spacial score (nSPS) is 18.8. The second-order valence-electron chi connectivity index (χ2n) is 4.76. The zero-order valence-electron chi connectivity index (χ0n) is 10.9. The van der Waals surface area contributed by atoms with Crippen molar-refractivity contribution in [3.05, 3.63) is 4.91 Å². The zero-order valence-corrected chi connectivity index (χ0v) is 10.9. The Bertz CT molecular complexity index is 302. The highest BCUT2D eigenvalue weighted by Crippen LogP contribution is 2.18. The molecular weight excluding hydrogens is 220 g/mol. The molecule has 1 rings (SSSR count). The number of nitroso groups, excluding NO2 is 1. The Morgan fingerprint density at radius 3 is 2.41 bits per heavy atom. The largest absolute Gasteiger partial charge is 0.444 e. The highest BCUT2D eigenvalue weighted by atomic mass is 16.6. The molecule has 0 spiro atoms. The topological polar surface area (TPSA) is 59.0 Å². The highest BCUT2D eigenvalue weighted by molar-refractivity contribution is 5.68. The van der Waals surface area contributed by atoms with Gasteiger partial charge in [0.05, 0.1) is 7.05 Å². The third kappa shape index (κ3) is 6.56. The smallest absolute Gasteiger partial charge is 0.410 e. The first-order valence-corrected chi connectivity index (χ1v) is 5.49. The number of terminal acetylenes is 1. The summed E-state index contributed by atoms with van der Waals surface area (Å²) in [7, 11) is 1.19. The van der Waals surface area contributed by atoms with Gasteiger partial charge in [0.1, 0.15) is 5.60 Å². The Kier molecular flexibility index (Phi) is 6.26. The lowest BCUT2D eigenvalue weighted by Crippen LogP contribution is -2.35. The molecule has 0 saturated carbocycles. The molecule has 1 aliphatic rings. The van der Waals surface area contributed by atoms with Crippen LogP contribution in [0.1, 0.15) is 27.2 Å². The van der Waals surface area contributed by atoms with Crippen LogP contribution in [0.25, 0.3) is 0 Å². The Morgan fingerprint density at radius 2 is 2.06 bits per heavy atom. The molecule has 96 valence electrons. The summed E-state index contributed by atoms with van der Waals surface area (Å²) >= 11 is 0. The van der Waals surface area contributed by atoms with E-state index in [0.29, 0.717) is 13.1 Å². The molecule has 0 aromatic heterocycles. The van der Waals surface area contributed by atoms with Gasteiger partial charge in [-0.05, 0) is 27.2 Å². The molecule has 0 aromatic rings. The maximum Gasteiger partial charge on any atom is 0.410 e. The number of likely N-dealkylation sites (tertiary alicyclic amines) is 1. The lowest BCUT2D eigenvalue weighted by molar-refractivity contribution is 0.0291. The summed E-state index contributed by atoms with van der Waals surface area (Å²) in [6, 6.07) is 0. The minimum atomic E-state index is -0.425. The van der Waals surface area contributed by atoms with Crippen molar-refractivity contribution in [1.29, 1.82) is 0 Å². The lowest BCUT2D eigenvalue weighted by Gasteiger charge is -2.24. The van der Waals surface area contributed by atoms with Crippen molar-refractivity contribution in [2.75, 3.05) is 20.1 Å². The molecule has 17 heavy (non-hydrogen) atoms. The van der Waals surface area contributed by atoms with Gasteiger partial charge in [0.15, 0.2) is 0 Å². The minimum Gasteiger partial charge on any atom is -0.444 e. The van der Waals surface area contributed by atoms with E-state index in [0.717, 1.165) is 6.42 Å². The number of ether oxygens (including phenoxy) is 1. The maximum atomic E-state index is 11.6. The number of nitrogens with zero attached hydrogens (tertiary/aromatic N) is 2. The average molecular weight is 240 g/mol. The number of carbonyl (C=O) groups is 1. The fraction of sp³-hybridized carbons (Fsp3) is 0.750. The van der Waals surface area contributed by atoms with E-state index in [9.17, 15) is 4.79 Å². The summed E-state index contributed by atoms with van der Waals surface area (Å²) in [6.45, 7) is 6.92. The van der Waals surface area contributed by atoms with Gasteiger partial charge in [0.2, 0.25) is 0 Å². The highest BCUT2D eigenvalue weighted by Gasteiger charge is 2.28. The van der Waals surface area contributed by atoms with Crippen LogP contribution in [0.2, 0.25) is 0 Å². The standard InChI is InChI=1S/C11H17NO2.CH3NO/c1-5-9-6-7-12(8-9)10(13)14-11(2,3)4;1-2-3/h1,9H,6-8H2,2-4H3;1H3. The quantitative estimate of drug-likeness (QED) is 0.482. The van der Waals surface area contributed by atoms with Crippen LogP contribution < -0.4 is 0 Å². The van der Waals surface area contributed by atoms with E-state index in [1.807, 2.05) is 20.8 Å². The first-order valence-electron chi connectivity index (χ1n) is 5.49. The number of hydrogen-bond donors (Lipinski definition) is 0. The van der Waals surface area contributed by atoms with Crippen LogP contribution in [0.15, 0.2) is 5.18 Å². The van der Waals surface area contributed by atoms with Crippen LogP contribution in [-0.2, 0) is 4.74 Å². The minimum absolute atomic E-state index is 0.197. The van der Waals surface area contributed by atoms with Gasteiger partial charge < -0.3 is 9.64 Å². The molecule has 0 bridgehead atoms. The number of rotatable bonds is 0. The molecule has 0 radical (unpaired) electrons. The lowest BCUT2D eigenvalue weighted by atomic mass is 10.1. The van der Waals surface area contributed by atoms with Crippen molar-refractivity contribution >= 4 is 6.09 Å². The van der Waals surface area contributed by atoms with Crippen molar-refractivity contribution in [1.82, 2.24) is 4.90 Å². The van der Waals surface area contributed by atoms with Crippen LogP contribution in [0.5, 0.6) is 0 Å². The van der Waals surface area contributed by atoms with Gasteiger partial charge in [-0.2, -0.15) is 4.91 Å². The van der Waals surface area contributed by atoms with Gasteiger partial charge >= 0.3 is 6.09 Å². The van der Waals surface area contributed by atoms with Crippen LogP contribution in [0.3, 0.4) is 0 Å².